The average Bonchev–Trinajstić information content (AvgIpc) is 2.88. The second-order valence-corrected chi connectivity index (χ2v) is 10.8. The molecular weight excluding hydrogens is 422 g/mol. The molecule has 9 nitrogen and oxygen atoms in total. The maximum absolute atomic E-state index is 13.3. The highest BCUT2D eigenvalue weighted by Gasteiger charge is 2.56. The number of imide groups is 1. The van der Waals surface area contributed by atoms with Gasteiger partial charge in [0.25, 0.3) is 5.91 Å². The van der Waals surface area contributed by atoms with Gasteiger partial charge in [-0.1, -0.05) is 20.8 Å². The molecule has 0 aromatic carbocycles. The summed E-state index contributed by atoms with van der Waals surface area (Å²) in [6.45, 7) is 14.2. The van der Waals surface area contributed by atoms with Crippen LogP contribution in [0.2, 0.25) is 0 Å². The fraction of sp³-hybridized carbons (Fsp3) is 0.833. The molecule has 1 N–H and O–H groups in total. The lowest BCUT2D eigenvalue weighted by Crippen LogP contribution is -2.54. The number of rotatable bonds is 6. The summed E-state index contributed by atoms with van der Waals surface area (Å²) in [7, 11) is 0. The summed E-state index contributed by atoms with van der Waals surface area (Å²) in [6, 6.07) is -0.459. The van der Waals surface area contributed by atoms with Crippen LogP contribution in [0.4, 0.5) is 4.79 Å². The van der Waals surface area contributed by atoms with Crippen molar-refractivity contribution in [3.05, 3.63) is 0 Å². The summed E-state index contributed by atoms with van der Waals surface area (Å²) in [5.41, 5.74) is -0.934. The van der Waals surface area contributed by atoms with Crippen LogP contribution in [-0.2, 0) is 14.4 Å². The third kappa shape index (κ3) is 5.67. The van der Waals surface area contributed by atoms with Gasteiger partial charge in [-0.2, -0.15) is 0 Å². The highest BCUT2D eigenvalue weighted by Crippen LogP contribution is 2.46. The van der Waals surface area contributed by atoms with E-state index in [0.29, 0.717) is 58.0 Å². The van der Waals surface area contributed by atoms with Gasteiger partial charge in [0, 0.05) is 39.3 Å². The van der Waals surface area contributed by atoms with Crippen LogP contribution in [0.15, 0.2) is 0 Å². The predicted octanol–water partition coefficient (Wildman–Crippen LogP) is 1.53. The van der Waals surface area contributed by atoms with Crippen molar-refractivity contribution in [2.45, 2.75) is 65.8 Å². The van der Waals surface area contributed by atoms with Crippen LogP contribution in [0, 0.1) is 11.3 Å². The Morgan fingerprint density at radius 3 is 2.36 bits per heavy atom. The molecule has 3 aliphatic rings. The monoisotopic (exact) mass is 463 g/mol. The van der Waals surface area contributed by atoms with Crippen molar-refractivity contribution in [3.8, 4) is 0 Å². The zero-order chi connectivity index (χ0) is 24.4. The van der Waals surface area contributed by atoms with Gasteiger partial charge in [-0.25, -0.2) is 4.79 Å². The number of hydrogen-bond donors (Lipinski definition) is 1. The Labute approximate surface area is 197 Å². The van der Waals surface area contributed by atoms with Gasteiger partial charge in [0.05, 0.1) is 6.54 Å². The van der Waals surface area contributed by atoms with E-state index in [1.165, 1.54) is 0 Å². The molecule has 9 heteroatoms. The van der Waals surface area contributed by atoms with Crippen molar-refractivity contribution >= 4 is 23.8 Å². The Balaban J connectivity index is 1.58. The summed E-state index contributed by atoms with van der Waals surface area (Å²) in [5, 5.41) is 2.94. The Morgan fingerprint density at radius 2 is 1.73 bits per heavy atom. The number of urea groups is 1. The molecule has 3 fully saturated rings. The smallest absolute Gasteiger partial charge is 0.325 e. The van der Waals surface area contributed by atoms with Crippen molar-refractivity contribution in [2.24, 2.45) is 11.3 Å². The molecule has 0 bridgehead atoms. The van der Waals surface area contributed by atoms with Gasteiger partial charge in [0.15, 0.2) is 0 Å². The Hall–Kier alpha value is -2.16. The number of carbonyl (C=O) groups excluding carboxylic acids is 4. The number of hydrogen-bond acceptors (Lipinski definition) is 5. The quantitative estimate of drug-likeness (QED) is 0.603. The zero-order valence-corrected chi connectivity index (χ0v) is 21.0. The standard InChI is InChI=1S/C24H41N5O4/c1-6-27(7-2)19(30)15-26-9-8-10-28(12-11-26)20(31)16-29-21(32)24(25-22(29)33)14-18(3)13-23(4,5)17-24/h18H,6-17H2,1-5H3,(H,25,33). The van der Waals surface area contributed by atoms with Gasteiger partial charge in [0.2, 0.25) is 11.8 Å². The van der Waals surface area contributed by atoms with Crippen LogP contribution in [0.3, 0.4) is 0 Å². The fourth-order valence-corrected chi connectivity index (χ4v) is 6.13. The number of nitrogens with one attached hydrogen (secondary N) is 1. The van der Waals surface area contributed by atoms with Crippen molar-refractivity contribution in [1.82, 2.24) is 24.9 Å². The van der Waals surface area contributed by atoms with Crippen LogP contribution < -0.4 is 5.32 Å². The maximum atomic E-state index is 13.3. The summed E-state index contributed by atoms with van der Waals surface area (Å²) in [5.74, 6) is -0.0457. The van der Waals surface area contributed by atoms with Crippen LogP contribution in [0.5, 0.6) is 0 Å². The largest absolute Gasteiger partial charge is 0.342 e. The average molecular weight is 464 g/mol. The zero-order valence-electron chi connectivity index (χ0n) is 21.0. The van der Waals surface area contributed by atoms with Gasteiger partial charge in [-0.3, -0.25) is 24.2 Å². The van der Waals surface area contributed by atoms with E-state index in [9.17, 15) is 19.2 Å². The van der Waals surface area contributed by atoms with Crippen molar-refractivity contribution in [1.29, 1.82) is 0 Å². The minimum absolute atomic E-state index is 0.0442. The molecule has 2 atom stereocenters. The van der Waals surface area contributed by atoms with Crippen molar-refractivity contribution in [2.75, 3.05) is 52.4 Å². The predicted molar refractivity (Wildman–Crippen MR) is 125 cm³/mol. The molecule has 5 amide bonds. The molecule has 2 aliphatic heterocycles. The molecule has 3 rings (SSSR count). The molecule has 0 radical (unpaired) electrons. The normalized spacial score (nSPS) is 28.1. The van der Waals surface area contributed by atoms with Crippen LogP contribution >= 0.6 is 0 Å². The second-order valence-electron chi connectivity index (χ2n) is 10.8. The first kappa shape index (κ1) is 25.5. The number of nitrogens with zero attached hydrogens (tertiary/aromatic N) is 4. The van der Waals surface area contributed by atoms with Crippen molar-refractivity contribution < 1.29 is 19.2 Å². The van der Waals surface area contributed by atoms with Gasteiger partial charge in [0.1, 0.15) is 12.1 Å². The number of carbonyl (C=O) groups is 4. The van der Waals surface area contributed by atoms with E-state index >= 15 is 0 Å². The van der Waals surface area contributed by atoms with Crippen molar-refractivity contribution in [3.63, 3.8) is 0 Å². The van der Waals surface area contributed by atoms with E-state index < -0.39 is 11.6 Å². The van der Waals surface area contributed by atoms with E-state index in [1.807, 2.05) is 18.7 Å². The third-order valence-corrected chi connectivity index (χ3v) is 7.33. The molecule has 0 aromatic heterocycles. The second kappa shape index (κ2) is 9.99. The molecule has 2 heterocycles. The molecule has 33 heavy (non-hydrogen) atoms. The summed E-state index contributed by atoms with van der Waals surface area (Å²) in [6.07, 6.45) is 2.98. The third-order valence-electron chi connectivity index (χ3n) is 7.33. The highest BCUT2D eigenvalue weighted by atomic mass is 16.2. The van der Waals surface area contributed by atoms with Crippen LogP contribution in [-0.4, -0.2) is 101 Å². The first-order chi connectivity index (χ1) is 15.5. The van der Waals surface area contributed by atoms with E-state index in [1.54, 1.807) is 4.90 Å². The molecule has 1 spiro atoms. The van der Waals surface area contributed by atoms with Gasteiger partial charge < -0.3 is 15.1 Å². The van der Waals surface area contributed by atoms with Gasteiger partial charge in [-0.15, -0.1) is 0 Å². The van der Waals surface area contributed by atoms with Crippen LogP contribution in [0.1, 0.15) is 60.3 Å². The lowest BCUT2D eigenvalue weighted by Gasteiger charge is -2.43. The summed E-state index contributed by atoms with van der Waals surface area (Å²) >= 11 is 0. The maximum Gasteiger partial charge on any atom is 0.325 e. The minimum atomic E-state index is -0.890. The molecule has 1 aliphatic carbocycles. The summed E-state index contributed by atoms with van der Waals surface area (Å²) < 4.78 is 0. The molecule has 2 saturated heterocycles. The molecule has 2 unspecified atom stereocenters. The molecule has 186 valence electrons. The first-order valence-corrected chi connectivity index (χ1v) is 12.4. The molecule has 1 saturated carbocycles. The van der Waals surface area contributed by atoms with E-state index in [0.717, 1.165) is 24.3 Å². The Kier molecular flexibility index (Phi) is 7.71. The Bertz CT molecular complexity index is 781. The SMILES string of the molecule is CCN(CC)C(=O)CN1CCCN(C(=O)CN2C(=O)NC3(CC(C)CC(C)(C)C3)C2=O)CC1. The molecular formula is C24H41N5O4. The van der Waals surface area contributed by atoms with E-state index in [-0.39, 0.29) is 29.7 Å². The molecule has 0 aromatic rings. The number of likely N-dealkylation sites (N-methyl/N-ethyl adjacent to an activating group) is 1. The van der Waals surface area contributed by atoms with Gasteiger partial charge in [-0.05, 0) is 50.9 Å². The fourth-order valence-electron chi connectivity index (χ4n) is 6.13. The lowest BCUT2D eigenvalue weighted by atomic mass is 9.64. The highest BCUT2D eigenvalue weighted by molar-refractivity contribution is 6.09. The topological polar surface area (TPSA) is 93.3 Å². The lowest BCUT2D eigenvalue weighted by molar-refractivity contribution is -0.140. The number of amides is 5. The summed E-state index contributed by atoms with van der Waals surface area (Å²) in [4.78, 5) is 58.3. The van der Waals surface area contributed by atoms with Gasteiger partial charge >= 0.3 is 6.03 Å². The van der Waals surface area contributed by atoms with E-state index in [4.69, 9.17) is 0 Å². The minimum Gasteiger partial charge on any atom is -0.342 e. The first-order valence-electron chi connectivity index (χ1n) is 12.4. The van der Waals surface area contributed by atoms with Crippen LogP contribution in [0.25, 0.3) is 0 Å². The Morgan fingerprint density at radius 1 is 1.03 bits per heavy atom. The van der Waals surface area contributed by atoms with E-state index in [2.05, 4.69) is 31.0 Å².